The molecule has 0 aliphatic carbocycles. The van der Waals surface area contributed by atoms with Crippen LogP contribution in [0.15, 0.2) is 73.3 Å². The third kappa shape index (κ3) is 3.84. The highest BCUT2D eigenvalue weighted by molar-refractivity contribution is 5.76. The van der Waals surface area contributed by atoms with Gasteiger partial charge in [-0.1, -0.05) is 12.1 Å². The van der Waals surface area contributed by atoms with Crippen LogP contribution in [0.2, 0.25) is 0 Å². The Hall–Kier alpha value is -3.18. The third-order valence-corrected chi connectivity index (χ3v) is 3.96. The Labute approximate surface area is 145 Å². The Bertz CT molecular complexity index is 948. The van der Waals surface area contributed by atoms with Gasteiger partial charge in [-0.3, -0.25) is 4.98 Å². The van der Waals surface area contributed by atoms with E-state index in [9.17, 15) is 0 Å². The summed E-state index contributed by atoms with van der Waals surface area (Å²) in [5.74, 6) is 1.61. The van der Waals surface area contributed by atoms with Gasteiger partial charge in [-0.05, 0) is 47.5 Å². The molecule has 4 rings (SSSR count). The van der Waals surface area contributed by atoms with E-state index in [-0.39, 0.29) is 0 Å². The SMILES string of the molecule is c1cc(CNCc2ccc(Oc3ccc4nc[nH]c4c3)cc2)ccn1. The van der Waals surface area contributed by atoms with Crippen LogP contribution in [0.4, 0.5) is 0 Å². The van der Waals surface area contributed by atoms with Crippen LogP contribution in [0.3, 0.4) is 0 Å². The standard InChI is InChI=1S/C20H18N4O/c1-3-17(25-18-5-6-19-20(11-18)24-14-23-19)4-2-15(1)12-22-13-16-7-9-21-10-8-16/h1-11,14,22H,12-13H2,(H,23,24). The van der Waals surface area contributed by atoms with Gasteiger partial charge in [-0.15, -0.1) is 0 Å². The first-order valence-corrected chi connectivity index (χ1v) is 8.16. The number of nitrogens with zero attached hydrogens (tertiary/aromatic N) is 2. The molecular weight excluding hydrogens is 312 g/mol. The van der Waals surface area contributed by atoms with Gasteiger partial charge in [-0.25, -0.2) is 4.98 Å². The van der Waals surface area contributed by atoms with Crippen molar-refractivity contribution < 1.29 is 4.74 Å². The van der Waals surface area contributed by atoms with Crippen molar-refractivity contribution in [2.45, 2.75) is 13.1 Å². The summed E-state index contributed by atoms with van der Waals surface area (Å²) in [7, 11) is 0. The minimum absolute atomic E-state index is 0.792. The second kappa shape index (κ2) is 7.15. The van der Waals surface area contributed by atoms with Crippen LogP contribution in [0.25, 0.3) is 11.0 Å². The van der Waals surface area contributed by atoms with Crippen LogP contribution < -0.4 is 10.1 Å². The Morgan fingerprint density at radius 1 is 0.840 bits per heavy atom. The summed E-state index contributed by atoms with van der Waals surface area (Å²) < 4.78 is 5.91. The third-order valence-electron chi connectivity index (χ3n) is 3.96. The number of imidazole rings is 1. The number of aromatic amines is 1. The highest BCUT2D eigenvalue weighted by Gasteiger charge is 2.02. The summed E-state index contributed by atoms with van der Waals surface area (Å²) in [6, 6.07) is 18.0. The summed E-state index contributed by atoms with van der Waals surface area (Å²) in [6.07, 6.45) is 5.30. The predicted molar refractivity (Wildman–Crippen MR) is 97.4 cm³/mol. The predicted octanol–water partition coefficient (Wildman–Crippen LogP) is 4.04. The molecule has 2 N–H and O–H groups in total. The van der Waals surface area contributed by atoms with Crippen molar-refractivity contribution in [2.75, 3.05) is 0 Å². The van der Waals surface area contributed by atoms with Crippen molar-refractivity contribution in [3.63, 3.8) is 0 Å². The van der Waals surface area contributed by atoms with Gasteiger partial charge in [0.25, 0.3) is 0 Å². The van der Waals surface area contributed by atoms with Gasteiger partial charge >= 0.3 is 0 Å². The number of benzene rings is 2. The summed E-state index contributed by atoms with van der Waals surface area (Å²) >= 11 is 0. The van der Waals surface area contributed by atoms with Crippen LogP contribution in [0.1, 0.15) is 11.1 Å². The molecule has 2 heterocycles. The Kier molecular flexibility index (Phi) is 4.39. The number of fused-ring (bicyclic) bond motifs is 1. The van der Waals surface area contributed by atoms with Crippen molar-refractivity contribution in [1.29, 1.82) is 0 Å². The van der Waals surface area contributed by atoms with E-state index >= 15 is 0 Å². The smallest absolute Gasteiger partial charge is 0.129 e. The molecule has 5 nitrogen and oxygen atoms in total. The maximum absolute atomic E-state index is 5.91. The van der Waals surface area contributed by atoms with Gasteiger partial charge in [0.1, 0.15) is 11.5 Å². The minimum Gasteiger partial charge on any atom is -0.457 e. The fraction of sp³-hybridized carbons (Fsp3) is 0.100. The van der Waals surface area contributed by atoms with Gasteiger partial charge in [0.15, 0.2) is 0 Å². The van der Waals surface area contributed by atoms with Crippen LogP contribution in [0.5, 0.6) is 11.5 Å². The van der Waals surface area contributed by atoms with Crippen molar-refractivity contribution in [1.82, 2.24) is 20.3 Å². The van der Waals surface area contributed by atoms with Crippen molar-refractivity contribution in [3.05, 3.63) is 84.4 Å². The van der Waals surface area contributed by atoms with E-state index in [1.165, 1.54) is 11.1 Å². The Morgan fingerprint density at radius 3 is 2.36 bits per heavy atom. The molecule has 25 heavy (non-hydrogen) atoms. The number of H-pyrrole nitrogens is 1. The normalized spacial score (nSPS) is 10.9. The summed E-state index contributed by atoms with van der Waals surface area (Å²) in [4.78, 5) is 11.3. The molecule has 0 aliphatic rings. The maximum Gasteiger partial charge on any atom is 0.129 e. The van der Waals surface area contributed by atoms with Crippen molar-refractivity contribution >= 4 is 11.0 Å². The molecule has 0 spiro atoms. The summed E-state index contributed by atoms with van der Waals surface area (Å²) in [5.41, 5.74) is 4.34. The number of rotatable bonds is 6. The molecule has 2 aromatic heterocycles. The zero-order valence-corrected chi connectivity index (χ0v) is 13.6. The number of aromatic nitrogens is 3. The summed E-state index contributed by atoms with van der Waals surface area (Å²) in [6.45, 7) is 1.63. The second-order valence-corrected chi connectivity index (χ2v) is 5.79. The lowest BCUT2D eigenvalue weighted by atomic mass is 10.2. The lowest BCUT2D eigenvalue weighted by Crippen LogP contribution is -2.12. The lowest BCUT2D eigenvalue weighted by molar-refractivity contribution is 0.483. The van der Waals surface area contributed by atoms with E-state index < -0.39 is 0 Å². The van der Waals surface area contributed by atoms with E-state index in [2.05, 4.69) is 32.4 Å². The van der Waals surface area contributed by atoms with Crippen LogP contribution in [-0.4, -0.2) is 15.0 Å². The average Bonchev–Trinajstić information content (AvgIpc) is 3.12. The number of ether oxygens (including phenoxy) is 1. The molecule has 0 radical (unpaired) electrons. The number of hydrogen-bond donors (Lipinski definition) is 2. The molecule has 0 bridgehead atoms. The first kappa shape index (κ1) is 15.4. The minimum atomic E-state index is 0.792. The fourth-order valence-electron chi connectivity index (χ4n) is 2.64. The fourth-order valence-corrected chi connectivity index (χ4v) is 2.64. The van der Waals surface area contributed by atoms with Gasteiger partial charge in [0.2, 0.25) is 0 Å². The number of hydrogen-bond acceptors (Lipinski definition) is 4. The molecule has 2 aromatic carbocycles. The second-order valence-electron chi connectivity index (χ2n) is 5.79. The molecule has 0 unspecified atom stereocenters. The molecule has 0 amide bonds. The van der Waals surface area contributed by atoms with Gasteiger partial charge in [0, 0.05) is 31.5 Å². The van der Waals surface area contributed by atoms with Crippen LogP contribution in [-0.2, 0) is 13.1 Å². The van der Waals surface area contributed by atoms with Gasteiger partial charge < -0.3 is 15.0 Å². The molecule has 4 aromatic rings. The van der Waals surface area contributed by atoms with E-state index in [0.29, 0.717) is 0 Å². The molecule has 5 heteroatoms. The molecule has 0 saturated heterocycles. The number of nitrogens with one attached hydrogen (secondary N) is 2. The van der Waals surface area contributed by atoms with Crippen molar-refractivity contribution in [3.8, 4) is 11.5 Å². The quantitative estimate of drug-likeness (QED) is 0.560. The first-order chi connectivity index (χ1) is 12.4. The van der Waals surface area contributed by atoms with E-state index in [4.69, 9.17) is 4.74 Å². The van der Waals surface area contributed by atoms with E-state index in [0.717, 1.165) is 35.6 Å². The highest BCUT2D eigenvalue weighted by atomic mass is 16.5. The van der Waals surface area contributed by atoms with Crippen molar-refractivity contribution in [2.24, 2.45) is 0 Å². The molecule has 0 atom stereocenters. The molecule has 0 saturated carbocycles. The Morgan fingerprint density at radius 2 is 1.56 bits per heavy atom. The largest absolute Gasteiger partial charge is 0.457 e. The Balaban J connectivity index is 1.34. The highest BCUT2D eigenvalue weighted by Crippen LogP contribution is 2.24. The van der Waals surface area contributed by atoms with Crippen LogP contribution >= 0.6 is 0 Å². The number of pyridine rings is 1. The zero-order valence-electron chi connectivity index (χ0n) is 13.6. The topological polar surface area (TPSA) is 62.8 Å². The molecular formula is C20H18N4O. The monoisotopic (exact) mass is 330 g/mol. The van der Waals surface area contributed by atoms with Gasteiger partial charge in [0.05, 0.1) is 17.4 Å². The first-order valence-electron chi connectivity index (χ1n) is 8.16. The lowest BCUT2D eigenvalue weighted by Gasteiger charge is -2.08. The van der Waals surface area contributed by atoms with E-state index in [1.54, 1.807) is 6.33 Å². The van der Waals surface area contributed by atoms with Crippen LogP contribution in [0, 0.1) is 0 Å². The molecule has 0 fully saturated rings. The zero-order chi connectivity index (χ0) is 16.9. The molecule has 0 aliphatic heterocycles. The maximum atomic E-state index is 5.91. The average molecular weight is 330 g/mol. The van der Waals surface area contributed by atoms with E-state index in [1.807, 2.05) is 54.9 Å². The van der Waals surface area contributed by atoms with Gasteiger partial charge in [-0.2, -0.15) is 0 Å². The summed E-state index contributed by atoms with van der Waals surface area (Å²) in [5, 5.41) is 3.42. The molecule has 124 valence electrons.